The van der Waals surface area contributed by atoms with Crippen LogP contribution >= 0.6 is 23.2 Å². The number of benzene rings is 2. The first-order chi connectivity index (χ1) is 11.4. The van der Waals surface area contributed by atoms with E-state index in [-0.39, 0.29) is 17.4 Å². The molecule has 0 aliphatic carbocycles. The summed E-state index contributed by atoms with van der Waals surface area (Å²) >= 11 is 12.2. The maximum atomic E-state index is 13.0. The summed E-state index contributed by atoms with van der Waals surface area (Å²) in [5.41, 5.74) is 0.949. The van der Waals surface area contributed by atoms with Gasteiger partial charge in [-0.3, -0.25) is 4.79 Å². The molecular weight excluding hydrogens is 369 g/mol. The Morgan fingerprint density at radius 3 is 2.38 bits per heavy atom. The van der Waals surface area contributed by atoms with Crippen molar-refractivity contribution in [2.45, 2.75) is 12.5 Å². The molecule has 1 unspecified atom stereocenters. The van der Waals surface area contributed by atoms with E-state index >= 15 is 0 Å². The molecule has 0 spiro atoms. The largest absolute Gasteiger partial charge is 0.303 e. The Morgan fingerprint density at radius 1 is 1.08 bits per heavy atom. The number of amides is 1. The van der Waals surface area contributed by atoms with Crippen LogP contribution in [0.1, 0.15) is 16.8 Å². The standard InChI is InChI=1S/C17H15Cl2NO3S/c18-13-6-7-16(15(19)10-13)20(14-8-9-24(22,23)11-14)17(21)12-4-2-1-3-5-12/h1-7,10,14H,8-9,11H2. The molecule has 4 nitrogen and oxygen atoms in total. The van der Waals surface area contributed by atoms with E-state index in [2.05, 4.69) is 0 Å². The van der Waals surface area contributed by atoms with Crippen molar-refractivity contribution in [1.29, 1.82) is 0 Å². The van der Waals surface area contributed by atoms with Gasteiger partial charge in [0.05, 0.1) is 28.3 Å². The van der Waals surface area contributed by atoms with Gasteiger partial charge < -0.3 is 4.90 Å². The van der Waals surface area contributed by atoms with Crippen LogP contribution in [0, 0.1) is 0 Å². The smallest absolute Gasteiger partial charge is 0.258 e. The zero-order valence-corrected chi connectivity index (χ0v) is 15.0. The molecule has 1 heterocycles. The lowest BCUT2D eigenvalue weighted by Gasteiger charge is -2.29. The van der Waals surface area contributed by atoms with Crippen molar-refractivity contribution >= 4 is 44.6 Å². The van der Waals surface area contributed by atoms with Gasteiger partial charge >= 0.3 is 0 Å². The molecule has 1 fully saturated rings. The molecule has 1 aliphatic heterocycles. The highest BCUT2D eigenvalue weighted by Crippen LogP contribution is 2.33. The first-order valence-corrected chi connectivity index (χ1v) is 9.99. The first kappa shape index (κ1) is 17.3. The van der Waals surface area contributed by atoms with Crippen LogP contribution in [-0.2, 0) is 9.84 Å². The maximum Gasteiger partial charge on any atom is 0.258 e. The highest BCUT2D eigenvalue weighted by Gasteiger charge is 2.36. The van der Waals surface area contributed by atoms with Crippen LogP contribution in [0.5, 0.6) is 0 Å². The van der Waals surface area contributed by atoms with Crippen LogP contribution in [-0.4, -0.2) is 31.9 Å². The number of anilines is 1. The summed E-state index contributed by atoms with van der Waals surface area (Å²) in [6.07, 6.45) is 0.389. The van der Waals surface area contributed by atoms with Gasteiger partial charge in [-0.15, -0.1) is 0 Å². The van der Waals surface area contributed by atoms with E-state index in [9.17, 15) is 13.2 Å². The summed E-state index contributed by atoms with van der Waals surface area (Å²) in [4.78, 5) is 14.5. The lowest BCUT2D eigenvalue weighted by atomic mass is 10.1. The second-order valence-electron chi connectivity index (χ2n) is 5.69. The van der Waals surface area contributed by atoms with Gasteiger partial charge in [-0.1, -0.05) is 41.4 Å². The van der Waals surface area contributed by atoms with Gasteiger partial charge in [0, 0.05) is 10.6 Å². The fourth-order valence-electron chi connectivity index (χ4n) is 2.85. The minimum atomic E-state index is -3.15. The van der Waals surface area contributed by atoms with Crippen LogP contribution in [0.15, 0.2) is 48.5 Å². The average Bonchev–Trinajstić information content (AvgIpc) is 2.90. The van der Waals surface area contributed by atoms with Crippen LogP contribution in [0.4, 0.5) is 5.69 Å². The minimum absolute atomic E-state index is 0.0650. The van der Waals surface area contributed by atoms with Gasteiger partial charge in [0.15, 0.2) is 9.84 Å². The zero-order chi connectivity index (χ0) is 17.3. The van der Waals surface area contributed by atoms with Crippen molar-refractivity contribution < 1.29 is 13.2 Å². The number of rotatable bonds is 3. The summed E-state index contributed by atoms with van der Waals surface area (Å²) in [6, 6.07) is 13.1. The van der Waals surface area contributed by atoms with Crippen molar-refractivity contribution in [2.75, 3.05) is 16.4 Å². The van der Waals surface area contributed by atoms with Crippen molar-refractivity contribution in [3.63, 3.8) is 0 Å². The van der Waals surface area contributed by atoms with E-state index in [0.717, 1.165) is 0 Å². The van der Waals surface area contributed by atoms with E-state index in [4.69, 9.17) is 23.2 Å². The Hall–Kier alpha value is -1.56. The maximum absolute atomic E-state index is 13.0. The van der Waals surface area contributed by atoms with E-state index in [1.807, 2.05) is 6.07 Å². The molecule has 1 atom stereocenters. The molecular formula is C17H15Cl2NO3S. The molecule has 0 bridgehead atoms. The number of sulfone groups is 1. The van der Waals surface area contributed by atoms with E-state index in [1.165, 1.54) is 4.90 Å². The molecule has 0 saturated carbocycles. The monoisotopic (exact) mass is 383 g/mol. The molecule has 3 rings (SSSR count). The van der Waals surface area contributed by atoms with E-state index < -0.39 is 15.9 Å². The number of hydrogen-bond acceptors (Lipinski definition) is 3. The second-order valence-corrected chi connectivity index (χ2v) is 8.77. The van der Waals surface area contributed by atoms with E-state index in [0.29, 0.717) is 27.7 Å². The highest BCUT2D eigenvalue weighted by molar-refractivity contribution is 7.91. The fourth-order valence-corrected chi connectivity index (χ4v) is 5.05. The number of carbonyl (C=O) groups is 1. The fraction of sp³-hybridized carbons (Fsp3) is 0.235. The van der Waals surface area contributed by atoms with Crippen molar-refractivity contribution in [3.05, 3.63) is 64.1 Å². The number of hydrogen-bond donors (Lipinski definition) is 0. The lowest BCUT2D eigenvalue weighted by molar-refractivity contribution is 0.0979. The summed E-state index contributed by atoms with van der Waals surface area (Å²) in [6.45, 7) is 0. The number of carbonyl (C=O) groups excluding carboxylic acids is 1. The van der Waals surface area contributed by atoms with Gasteiger partial charge in [-0.2, -0.15) is 0 Å². The van der Waals surface area contributed by atoms with Crippen LogP contribution in [0.25, 0.3) is 0 Å². The second kappa shape index (κ2) is 6.75. The third kappa shape index (κ3) is 3.58. The molecule has 0 radical (unpaired) electrons. The zero-order valence-electron chi connectivity index (χ0n) is 12.7. The Bertz CT molecular complexity index is 869. The Kier molecular flexibility index (Phi) is 4.85. The van der Waals surface area contributed by atoms with Gasteiger partial charge in [-0.25, -0.2) is 8.42 Å². The highest BCUT2D eigenvalue weighted by atomic mass is 35.5. The van der Waals surface area contributed by atoms with Gasteiger partial charge in [0.1, 0.15) is 0 Å². The normalized spacial score (nSPS) is 19.2. The Balaban J connectivity index is 2.06. The molecule has 1 saturated heterocycles. The van der Waals surface area contributed by atoms with Crippen LogP contribution in [0.2, 0.25) is 10.0 Å². The van der Waals surface area contributed by atoms with Gasteiger partial charge in [0.25, 0.3) is 5.91 Å². The van der Waals surface area contributed by atoms with E-state index in [1.54, 1.807) is 42.5 Å². The minimum Gasteiger partial charge on any atom is -0.303 e. The number of halogens is 2. The molecule has 1 amide bonds. The quantitative estimate of drug-likeness (QED) is 0.808. The van der Waals surface area contributed by atoms with Crippen molar-refractivity contribution in [1.82, 2.24) is 0 Å². The third-order valence-electron chi connectivity index (χ3n) is 3.98. The van der Waals surface area contributed by atoms with Crippen LogP contribution < -0.4 is 4.90 Å². The SMILES string of the molecule is O=C(c1ccccc1)N(c1ccc(Cl)cc1Cl)C1CCS(=O)(=O)C1. The first-order valence-electron chi connectivity index (χ1n) is 7.41. The predicted octanol–water partition coefficient (Wildman–Crippen LogP) is 3.83. The topological polar surface area (TPSA) is 54.5 Å². The van der Waals surface area contributed by atoms with Crippen LogP contribution in [0.3, 0.4) is 0 Å². The summed E-state index contributed by atoms with van der Waals surface area (Å²) < 4.78 is 23.8. The molecule has 0 N–H and O–H groups in total. The summed E-state index contributed by atoms with van der Waals surface area (Å²) in [7, 11) is -3.15. The van der Waals surface area contributed by atoms with Gasteiger partial charge in [-0.05, 0) is 36.8 Å². The predicted molar refractivity (Wildman–Crippen MR) is 96.8 cm³/mol. The molecule has 24 heavy (non-hydrogen) atoms. The third-order valence-corrected chi connectivity index (χ3v) is 6.27. The average molecular weight is 384 g/mol. The van der Waals surface area contributed by atoms with Crippen molar-refractivity contribution in [2.24, 2.45) is 0 Å². The van der Waals surface area contributed by atoms with Crippen molar-refractivity contribution in [3.8, 4) is 0 Å². The molecule has 2 aromatic rings. The molecule has 0 aromatic heterocycles. The summed E-state index contributed by atoms with van der Waals surface area (Å²) in [5.74, 6) is -0.270. The molecule has 126 valence electrons. The Morgan fingerprint density at radius 2 is 1.79 bits per heavy atom. The summed E-state index contributed by atoms with van der Waals surface area (Å²) in [5, 5.41) is 0.769. The molecule has 2 aromatic carbocycles. The molecule has 7 heteroatoms. The lowest BCUT2D eigenvalue weighted by Crippen LogP contribution is -2.41. The Labute approximate surface area is 150 Å². The molecule has 1 aliphatic rings. The number of nitrogens with zero attached hydrogens (tertiary/aromatic N) is 1. The van der Waals surface area contributed by atoms with Gasteiger partial charge in [0.2, 0.25) is 0 Å².